The molecular weight excluding hydrogens is 308 g/mol. The van der Waals surface area contributed by atoms with Crippen LogP contribution in [0, 0.1) is 0 Å². The van der Waals surface area contributed by atoms with Gasteiger partial charge >= 0.3 is 0 Å². The number of carbonyl (C=O) groups excluding carboxylic acids is 2. The van der Waals surface area contributed by atoms with Gasteiger partial charge in [0.05, 0.1) is 0 Å². The van der Waals surface area contributed by atoms with Gasteiger partial charge in [-0.25, -0.2) is 0 Å². The topological polar surface area (TPSA) is 67.9 Å². The van der Waals surface area contributed by atoms with Crippen molar-refractivity contribution in [2.75, 3.05) is 23.6 Å². The van der Waals surface area contributed by atoms with Gasteiger partial charge in [0.2, 0.25) is 18.6 Å². The Hall–Kier alpha value is -3.02. The molecule has 0 saturated heterocycles. The molecular formula is C18H18N2O4. The summed E-state index contributed by atoms with van der Waals surface area (Å²) in [6, 6.07) is 14.5. The predicted octanol–water partition coefficient (Wildman–Crippen LogP) is 2.80. The highest BCUT2D eigenvalue weighted by molar-refractivity contribution is 5.94. The van der Waals surface area contributed by atoms with Gasteiger partial charge in [-0.15, -0.1) is 0 Å². The molecule has 2 aromatic carbocycles. The largest absolute Gasteiger partial charge is 0.454 e. The molecule has 6 nitrogen and oxygen atoms in total. The first-order chi connectivity index (χ1) is 11.6. The number of hydrogen-bond acceptors (Lipinski definition) is 4. The number of amides is 2. The Kier molecular flexibility index (Phi) is 4.65. The van der Waals surface area contributed by atoms with E-state index >= 15 is 0 Å². The predicted molar refractivity (Wildman–Crippen MR) is 90.3 cm³/mol. The number of nitrogens with one attached hydrogen (secondary N) is 1. The average molecular weight is 326 g/mol. The van der Waals surface area contributed by atoms with Gasteiger partial charge in [0, 0.05) is 37.3 Å². The van der Waals surface area contributed by atoms with Crippen LogP contribution >= 0.6 is 0 Å². The second-order valence-corrected chi connectivity index (χ2v) is 5.37. The minimum absolute atomic E-state index is 0.0999. The van der Waals surface area contributed by atoms with E-state index in [0.29, 0.717) is 23.7 Å². The third kappa shape index (κ3) is 3.65. The number of ether oxygens (including phenoxy) is 2. The number of anilines is 2. The summed E-state index contributed by atoms with van der Waals surface area (Å²) in [5.74, 6) is 1.01. The second kappa shape index (κ2) is 7.04. The van der Waals surface area contributed by atoms with Crippen molar-refractivity contribution in [1.82, 2.24) is 0 Å². The quantitative estimate of drug-likeness (QED) is 0.917. The van der Waals surface area contributed by atoms with E-state index in [1.165, 1.54) is 6.92 Å². The number of hydrogen-bond donors (Lipinski definition) is 1. The maximum absolute atomic E-state index is 12.1. The molecule has 0 aromatic heterocycles. The first-order valence-electron chi connectivity index (χ1n) is 7.66. The second-order valence-electron chi connectivity index (χ2n) is 5.37. The third-order valence-electron chi connectivity index (χ3n) is 3.67. The monoisotopic (exact) mass is 326 g/mol. The zero-order valence-electron chi connectivity index (χ0n) is 13.3. The Balaban J connectivity index is 1.59. The van der Waals surface area contributed by atoms with Crippen LogP contribution < -0.4 is 19.7 Å². The van der Waals surface area contributed by atoms with Crippen molar-refractivity contribution in [3.05, 3.63) is 48.5 Å². The summed E-state index contributed by atoms with van der Waals surface area (Å²) in [6.45, 7) is 2.00. The molecule has 124 valence electrons. The van der Waals surface area contributed by atoms with Crippen molar-refractivity contribution in [3.63, 3.8) is 0 Å². The number of para-hydroxylation sites is 1. The van der Waals surface area contributed by atoms with Gasteiger partial charge in [-0.1, -0.05) is 18.2 Å². The van der Waals surface area contributed by atoms with E-state index in [2.05, 4.69) is 5.32 Å². The Morgan fingerprint density at radius 3 is 2.58 bits per heavy atom. The van der Waals surface area contributed by atoms with Crippen LogP contribution in [-0.2, 0) is 9.59 Å². The highest BCUT2D eigenvalue weighted by atomic mass is 16.7. The summed E-state index contributed by atoms with van der Waals surface area (Å²) >= 11 is 0. The Bertz CT molecular complexity index is 746. The molecule has 1 aliphatic heterocycles. The van der Waals surface area contributed by atoms with Gasteiger partial charge < -0.3 is 19.7 Å². The van der Waals surface area contributed by atoms with Crippen LogP contribution in [-0.4, -0.2) is 25.2 Å². The van der Waals surface area contributed by atoms with E-state index in [0.717, 1.165) is 5.69 Å². The van der Waals surface area contributed by atoms with E-state index in [4.69, 9.17) is 9.47 Å². The number of nitrogens with zero attached hydrogens (tertiary/aromatic N) is 1. The Morgan fingerprint density at radius 1 is 1.08 bits per heavy atom. The van der Waals surface area contributed by atoms with E-state index in [9.17, 15) is 9.59 Å². The van der Waals surface area contributed by atoms with Crippen molar-refractivity contribution in [1.29, 1.82) is 0 Å². The first kappa shape index (κ1) is 15.9. The molecule has 1 aliphatic rings. The highest BCUT2D eigenvalue weighted by Crippen LogP contribution is 2.34. The maximum atomic E-state index is 12.1. The van der Waals surface area contributed by atoms with Crippen LogP contribution in [0.3, 0.4) is 0 Å². The molecule has 0 saturated carbocycles. The van der Waals surface area contributed by atoms with Crippen LogP contribution in [0.5, 0.6) is 11.5 Å². The molecule has 0 bridgehead atoms. The van der Waals surface area contributed by atoms with Gasteiger partial charge in [-0.05, 0) is 24.3 Å². The standard InChI is InChI=1S/C18H18N2O4/c1-13(21)20(15-5-3-2-4-6-15)10-9-18(22)19-14-7-8-16-17(11-14)24-12-23-16/h2-8,11H,9-10,12H2,1H3,(H,19,22). The molecule has 0 atom stereocenters. The summed E-state index contributed by atoms with van der Waals surface area (Å²) in [7, 11) is 0. The molecule has 1 heterocycles. The molecule has 24 heavy (non-hydrogen) atoms. The lowest BCUT2D eigenvalue weighted by Gasteiger charge is -2.20. The number of rotatable bonds is 5. The van der Waals surface area contributed by atoms with E-state index < -0.39 is 0 Å². The van der Waals surface area contributed by atoms with Crippen molar-refractivity contribution in [3.8, 4) is 11.5 Å². The fourth-order valence-corrected chi connectivity index (χ4v) is 2.49. The normalized spacial score (nSPS) is 11.9. The molecule has 6 heteroatoms. The zero-order chi connectivity index (χ0) is 16.9. The fourth-order valence-electron chi connectivity index (χ4n) is 2.49. The molecule has 2 amide bonds. The summed E-state index contributed by atoms with van der Waals surface area (Å²) < 4.78 is 10.5. The summed E-state index contributed by atoms with van der Waals surface area (Å²) in [5, 5.41) is 2.80. The third-order valence-corrected chi connectivity index (χ3v) is 3.67. The molecule has 1 N–H and O–H groups in total. The van der Waals surface area contributed by atoms with Crippen LogP contribution in [0.15, 0.2) is 48.5 Å². The lowest BCUT2D eigenvalue weighted by Crippen LogP contribution is -2.31. The molecule has 0 unspecified atom stereocenters. The van der Waals surface area contributed by atoms with Crippen molar-refractivity contribution in [2.45, 2.75) is 13.3 Å². The molecule has 0 fully saturated rings. The Labute approximate surface area is 140 Å². The maximum Gasteiger partial charge on any atom is 0.231 e. The average Bonchev–Trinajstić information content (AvgIpc) is 3.03. The van der Waals surface area contributed by atoms with Crippen LogP contribution in [0.1, 0.15) is 13.3 Å². The lowest BCUT2D eigenvalue weighted by molar-refractivity contribution is -0.117. The van der Waals surface area contributed by atoms with Gasteiger partial charge in [-0.3, -0.25) is 9.59 Å². The molecule has 0 aliphatic carbocycles. The van der Waals surface area contributed by atoms with Crippen molar-refractivity contribution in [2.24, 2.45) is 0 Å². The molecule has 0 spiro atoms. The smallest absolute Gasteiger partial charge is 0.231 e. The van der Waals surface area contributed by atoms with Gasteiger partial charge in [0.15, 0.2) is 11.5 Å². The summed E-state index contributed by atoms with van der Waals surface area (Å²) in [5.41, 5.74) is 1.42. The van der Waals surface area contributed by atoms with Gasteiger partial charge in [0.1, 0.15) is 0 Å². The number of fused-ring (bicyclic) bond motifs is 1. The van der Waals surface area contributed by atoms with Crippen LogP contribution in [0.2, 0.25) is 0 Å². The van der Waals surface area contributed by atoms with Crippen LogP contribution in [0.25, 0.3) is 0 Å². The lowest BCUT2D eigenvalue weighted by atomic mass is 10.2. The van der Waals surface area contributed by atoms with Crippen molar-refractivity contribution < 1.29 is 19.1 Å². The van der Waals surface area contributed by atoms with E-state index in [1.54, 1.807) is 23.1 Å². The fraction of sp³-hybridized carbons (Fsp3) is 0.222. The summed E-state index contributed by atoms with van der Waals surface area (Å²) in [4.78, 5) is 25.5. The SMILES string of the molecule is CC(=O)N(CCC(=O)Nc1ccc2c(c1)OCO2)c1ccccc1. The molecule has 2 aromatic rings. The molecule has 0 radical (unpaired) electrons. The Morgan fingerprint density at radius 2 is 1.83 bits per heavy atom. The van der Waals surface area contributed by atoms with Crippen LogP contribution in [0.4, 0.5) is 11.4 Å². The van der Waals surface area contributed by atoms with Gasteiger partial charge in [0.25, 0.3) is 0 Å². The van der Waals surface area contributed by atoms with E-state index in [1.807, 2.05) is 30.3 Å². The zero-order valence-corrected chi connectivity index (χ0v) is 13.3. The minimum Gasteiger partial charge on any atom is -0.454 e. The first-order valence-corrected chi connectivity index (χ1v) is 7.66. The van der Waals surface area contributed by atoms with E-state index in [-0.39, 0.29) is 25.0 Å². The molecule has 3 rings (SSSR count). The minimum atomic E-state index is -0.170. The number of carbonyl (C=O) groups is 2. The van der Waals surface area contributed by atoms with Gasteiger partial charge in [-0.2, -0.15) is 0 Å². The number of benzene rings is 2. The highest BCUT2D eigenvalue weighted by Gasteiger charge is 2.16. The summed E-state index contributed by atoms with van der Waals surface area (Å²) in [6.07, 6.45) is 0.197. The van der Waals surface area contributed by atoms with Crippen molar-refractivity contribution >= 4 is 23.2 Å².